The van der Waals surface area contributed by atoms with Crippen LogP contribution in [-0.4, -0.2) is 30.7 Å². The van der Waals surface area contributed by atoms with E-state index in [2.05, 4.69) is 16.1 Å². The molecule has 0 N–H and O–H groups in total. The van der Waals surface area contributed by atoms with Gasteiger partial charge >= 0.3 is 30.7 Å². The molecule has 12 heteroatoms. The van der Waals surface area contributed by atoms with Crippen LogP contribution in [0.15, 0.2) is 30.8 Å². The van der Waals surface area contributed by atoms with Gasteiger partial charge in [-0.15, -0.1) is 0 Å². The topological polar surface area (TPSA) is 18.5 Å². The van der Waals surface area contributed by atoms with Gasteiger partial charge in [0.15, 0.2) is 0 Å². The second kappa shape index (κ2) is 6.73. The molecular formula is C13H8F10O2. The Labute approximate surface area is 133 Å². The zero-order valence-electron chi connectivity index (χ0n) is 11.8. The van der Waals surface area contributed by atoms with E-state index in [-0.39, 0.29) is 5.56 Å². The normalized spacial score (nSPS) is 15.0. The predicted octanol–water partition coefficient (Wildman–Crippen LogP) is 5.40. The van der Waals surface area contributed by atoms with E-state index in [1.165, 1.54) is 6.07 Å². The van der Waals surface area contributed by atoms with Crippen molar-refractivity contribution in [2.75, 3.05) is 0 Å². The molecule has 2 nitrogen and oxygen atoms in total. The molecule has 0 saturated carbocycles. The van der Waals surface area contributed by atoms with Gasteiger partial charge in [-0.25, -0.2) is 4.39 Å². The SMILES string of the molecule is C=Cc1ccccc1OC(F)(F)C(F)OC(F)(F)C(F)(F)C(F)(F)F. The summed E-state index contributed by atoms with van der Waals surface area (Å²) < 4.78 is 132. The van der Waals surface area contributed by atoms with Crippen molar-refractivity contribution >= 4 is 6.08 Å². The summed E-state index contributed by atoms with van der Waals surface area (Å²) in [6.07, 6.45) is -22.5. The van der Waals surface area contributed by atoms with Crippen molar-refractivity contribution in [3.8, 4) is 5.75 Å². The smallest absolute Gasteiger partial charge is 0.428 e. The molecule has 1 unspecified atom stereocenters. The molecule has 0 aromatic heterocycles. The maximum atomic E-state index is 13.4. The van der Waals surface area contributed by atoms with Crippen LogP contribution in [0.1, 0.15) is 5.56 Å². The van der Waals surface area contributed by atoms with Gasteiger partial charge in [0, 0.05) is 5.56 Å². The van der Waals surface area contributed by atoms with Crippen LogP contribution in [0, 0.1) is 0 Å². The molecule has 0 spiro atoms. The predicted molar refractivity (Wildman–Crippen MR) is 64.0 cm³/mol. The molecule has 0 aliphatic carbocycles. The van der Waals surface area contributed by atoms with Crippen LogP contribution in [0.3, 0.4) is 0 Å². The lowest BCUT2D eigenvalue weighted by atomic mass is 10.2. The molecule has 0 aliphatic heterocycles. The molecule has 142 valence electrons. The summed E-state index contributed by atoms with van der Waals surface area (Å²) in [5.41, 5.74) is -0.165. The number of rotatable bonds is 7. The van der Waals surface area contributed by atoms with E-state index in [1.54, 1.807) is 0 Å². The van der Waals surface area contributed by atoms with Crippen LogP contribution < -0.4 is 4.74 Å². The lowest BCUT2D eigenvalue weighted by molar-refractivity contribution is -0.460. The van der Waals surface area contributed by atoms with Gasteiger partial charge in [0.1, 0.15) is 5.75 Å². The van der Waals surface area contributed by atoms with Gasteiger partial charge in [-0.05, 0) is 6.07 Å². The van der Waals surface area contributed by atoms with Crippen LogP contribution in [0.2, 0.25) is 0 Å². The van der Waals surface area contributed by atoms with Crippen molar-refractivity contribution in [2.45, 2.75) is 30.7 Å². The number of ether oxygens (including phenoxy) is 2. The highest BCUT2D eigenvalue weighted by atomic mass is 19.4. The molecule has 0 heterocycles. The van der Waals surface area contributed by atoms with Crippen molar-refractivity contribution in [2.24, 2.45) is 0 Å². The van der Waals surface area contributed by atoms with Gasteiger partial charge in [0.05, 0.1) is 0 Å². The Bertz CT molecular complexity index is 611. The number of hydrogen-bond acceptors (Lipinski definition) is 2. The first-order valence-corrected chi connectivity index (χ1v) is 6.08. The summed E-state index contributed by atoms with van der Waals surface area (Å²) in [4.78, 5) is 0. The molecule has 0 amide bonds. The minimum Gasteiger partial charge on any atom is -0.428 e. The number of para-hydroxylation sites is 1. The second-order valence-electron chi connectivity index (χ2n) is 4.43. The van der Waals surface area contributed by atoms with Gasteiger partial charge in [-0.3, -0.25) is 4.74 Å². The summed E-state index contributed by atoms with van der Waals surface area (Å²) in [5.74, 6) is -7.72. The van der Waals surface area contributed by atoms with E-state index in [1.807, 2.05) is 0 Å². The first kappa shape index (κ1) is 21.1. The van der Waals surface area contributed by atoms with E-state index < -0.39 is 36.4 Å². The first-order chi connectivity index (χ1) is 11.2. The lowest BCUT2D eigenvalue weighted by Crippen LogP contribution is -2.56. The van der Waals surface area contributed by atoms with E-state index in [4.69, 9.17) is 0 Å². The third-order valence-electron chi connectivity index (χ3n) is 2.62. The fourth-order valence-corrected chi connectivity index (χ4v) is 1.37. The molecule has 1 rings (SSSR count). The van der Waals surface area contributed by atoms with Crippen molar-refractivity contribution in [3.05, 3.63) is 36.4 Å². The maximum Gasteiger partial charge on any atom is 0.462 e. The van der Waals surface area contributed by atoms with Gasteiger partial charge in [0.25, 0.3) is 0 Å². The quantitative estimate of drug-likeness (QED) is 0.584. The van der Waals surface area contributed by atoms with Gasteiger partial charge < -0.3 is 4.74 Å². The van der Waals surface area contributed by atoms with Crippen LogP contribution in [0.5, 0.6) is 5.75 Å². The van der Waals surface area contributed by atoms with Gasteiger partial charge in [0.2, 0.25) is 0 Å². The molecule has 0 fully saturated rings. The average molecular weight is 386 g/mol. The second-order valence-corrected chi connectivity index (χ2v) is 4.43. The Hall–Kier alpha value is -1.98. The number of benzene rings is 1. The Morgan fingerprint density at radius 2 is 1.44 bits per heavy atom. The van der Waals surface area contributed by atoms with E-state index in [0.29, 0.717) is 0 Å². The van der Waals surface area contributed by atoms with E-state index in [9.17, 15) is 43.9 Å². The zero-order chi connectivity index (χ0) is 19.7. The van der Waals surface area contributed by atoms with Crippen molar-refractivity contribution in [1.82, 2.24) is 0 Å². The molecule has 1 aromatic carbocycles. The van der Waals surface area contributed by atoms with Crippen molar-refractivity contribution < 1.29 is 53.4 Å². The summed E-state index contributed by atoms with van der Waals surface area (Å²) in [7, 11) is 0. The zero-order valence-corrected chi connectivity index (χ0v) is 11.8. The largest absolute Gasteiger partial charge is 0.462 e. The molecular weight excluding hydrogens is 378 g/mol. The molecule has 1 atom stereocenters. The lowest BCUT2D eigenvalue weighted by Gasteiger charge is -2.30. The standard InChI is InChI=1S/C13H8F10O2/c1-2-7-5-3-4-6-8(7)24-10(15,16)9(14)25-13(22,23)11(17,18)12(19,20)21/h2-6,9H,1H2. The maximum absolute atomic E-state index is 13.4. The van der Waals surface area contributed by atoms with Gasteiger partial charge in [-0.2, -0.15) is 39.5 Å². The van der Waals surface area contributed by atoms with E-state index in [0.717, 1.165) is 24.3 Å². The highest BCUT2D eigenvalue weighted by Crippen LogP contribution is 2.48. The molecule has 0 aliphatic rings. The monoisotopic (exact) mass is 386 g/mol. The van der Waals surface area contributed by atoms with Crippen LogP contribution in [-0.2, 0) is 4.74 Å². The molecule has 25 heavy (non-hydrogen) atoms. The fraction of sp³-hybridized carbons (Fsp3) is 0.385. The summed E-state index contributed by atoms with van der Waals surface area (Å²) in [6, 6.07) is 4.38. The van der Waals surface area contributed by atoms with Crippen LogP contribution in [0.4, 0.5) is 43.9 Å². The first-order valence-electron chi connectivity index (χ1n) is 6.08. The van der Waals surface area contributed by atoms with Crippen molar-refractivity contribution in [1.29, 1.82) is 0 Å². The Morgan fingerprint density at radius 1 is 0.920 bits per heavy atom. The fourth-order valence-electron chi connectivity index (χ4n) is 1.37. The molecule has 0 bridgehead atoms. The highest BCUT2D eigenvalue weighted by molar-refractivity contribution is 5.55. The Morgan fingerprint density at radius 3 is 1.92 bits per heavy atom. The van der Waals surface area contributed by atoms with Crippen molar-refractivity contribution in [3.63, 3.8) is 0 Å². The Kier molecular flexibility index (Phi) is 5.67. The minimum absolute atomic E-state index is 0.165. The van der Waals surface area contributed by atoms with E-state index >= 15 is 0 Å². The third kappa shape index (κ3) is 4.35. The Balaban J connectivity index is 3.01. The molecule has 1 aromatic rings. The number of alkyl halides is 10. The number of halogens is 10. The average Bonchev–Trinajstić information content (AvgIpc) is 2.45. The molecule has 0 saturated heterocycles. The summed E-state index contributed by atoms with van der Waals surface area (Å²) >= 11 is 0. The number of hydrogen-bond donors (Lipinski definition) is 0. The summed E-state index contributed by atoms with van der Waals surface area (Å²) in [5, 5.41) is 0. The highest BCUT2D eigenvalue weighted by Gasteiger charge is 2.76. The van der Waals surface area contributed by atoms with Crippen LogP contribution in [0.25, 0.3) is 6.08 Å². The third-order valence-corrected chi connectivity index (χ3v) is 2.62. The minimum atomic E-state index is -6.92. The van der Waals surface area contributed by atoms with Crippen LogP contribution >= 0.6 is 0 Å². The summed E-state index contributed by atoms with van der Waals surface area (Å²) in [6.45, 7) is 3.19. The van der Waals surface area contributed by atoms with Gasteiger partial charge in [-0.1, -0.05) is 30.9 Å². The molecule has 0 radical (unpaired) electrons.